The molecule has 0 fully saturated rings. The fourth-order valence-electron chi connectivity index (χ4n) is 2.79. The van der Waals surface area contributed by atoms with Crippen molar-refractivity contribution in [1.29, 1.82) is 5.26 Å². The van der Waals surface area contributed by atoms with E-state index in [1.165, 1.54) is 5.56 Å². The Labute approximate surface area is 124 Å². The lowest BCUT2D eigenvalue weighted by molar-refractivity contribution is 0.414. The molecule has 21 heavy (non-hydrogen) atoms. The second kappa shape index (κ2) is 5.84. The van der Waals surface area contributed by atoms with Crippen LogP contribution in [0.15, 0.2) is 36.7 Å². The van der Waals surface area contributed by atoms with Gasteiger partial charge in [-0.15, -0.1) is 0 Å². The Hall–Kier alpha value is -2.54. The molecule has 1 aliphatic rings. The highest BCUT2D eigenvalue weighted by Gasteiger charge is 2.20. The number of anilines is 1. The number of methoxy groups -OCH3 is 1. The summed E-state index contributed by atoms with van der Waals surface area (Å²) in [6.45, 7) is 1.82. The summed E-state index contributed by atoms with van der Waals surface area (Å²) in [6.07, 6.45) is 5.57. The number of rotatable bonds is 3. The lowest BCUT2D eigenvalue weighted by Crippen LogP contribution is -2.29. The molecule has 1 aromatic heterocycles. The second-order valence-electron chi connectivity index (χ2n) is 5.17. The van der Waals surface area contributed by atoms with Gasteiger partial charge in [0.25, 0.3) is 0 Å². The number of fused-ring (bicyclic) bond motifs is 1. The van der Waals surface area contributed by atoms with Crippen LogP contribution in [0.5, 0.6) is 5.75 Å². The number of nitrogens with zero attached hydrogens (tertiary/aromatic N) is 3. The van der Waals surface area contributed by atoms with Crippen molar-refractivity contribution in [1.82, 2.24) is 4.98 Å². The van der Waals surface area contributed by atoms with Crippen molar-refractivity contribution in [3.05, 3.63) is 53.3 Å². The highest BCUT2D eigenvalue weighted by Crippen LogP contribution is 2.30. The first-order valence-electron chi connectivity index (χ1n) is 7.06. The van der Waals surface area contributed by atoms with Crippen molar-refractivity contribution in [2.45, 2.75) is 19.4 Å². The normalized spacial score (nSPS) is 13.4. The molecule has 0 radical (unpaired) electrons. The van der Waals surface area contributed by atoms with E-state index < -0.39 is 0 Å². The standard InChI is InChI=1S/C17H17N3O/c1-21-15-6-4-13(5-7-15)12-20-8-2-3-16-14(9-18)10-19-11-17(16)20/h4-7,10-11H,2-3,8,12H2,1H3. The Bertz CT molecular complexity index is 673. The minimum absolute atomic E-state index is 0.701. The van der Waals surface area contributed by atoms with E-state index in [4.69, 9.17) is 4.74 Å². The van der Waals surface area contributed by atoms with Crippen LogP contribution in [0.2, 0.25) is 0 Å². The van der Waals surface area contributed by atoms with Crippen LogP contribution >= 0.6 is 0 Å². The average molecular weight is 279 g/mol. The Morgan fingerprint density at radius 2 is 2.10 bits per heavy atom. The minimum Gasteiger partial charge on any atom is -0.497 e. The lowest BCUT2D eigenvalue weighted by atomic mass is 9.99. The van der Waals surface area contributed by atoms with Gasteiger partial charge in [-0.25, -0.2) is 0 Å². The van der Waals surface area contributed by atoms with Crippen LogP contribution in [-0.4, -0.2) is 18.6 Å². The van der Waals surface area contributed by atoms with Gasteiger partial charge >= 0.3 is 0 Å². The molecule has 0 atom stereocenters. The average Bonchev–Trinajstić information content (AvgIpc) is 2.55. The molecule has 106 valence electrons. The minimum atomic E-state index is 0.701. The van der Waals surface area contributed by atoms with E-state index in [1.807, 2.05) is 18.3 Å². The van der Waals surface area contributed by atoms with Crippen molar-refractivity contribution in [2.24, 2.45) is 0 Å². The summed E-state index contributed by atoms with van der Waals surface area (Å²) < 4.78 is 5.19. The molecule has 0 amide bonds. The predicted octanol–water partition coefficient (Wildman–Crippen LogP) is 2.91. The van der Waals surface area contributed by atoms with Gasteiger partial charge in [0, 0.05) is 19.3 Å². The molecule has 0 N–H and O–H groups in total. The van der Waals surface area contributed by atoms with Gasteiger partial charge in [0.05, 0.1) is 24.6 Å². The molecule has 4 nitrogen and oxygen atoms in total. The molecule has 1 aromatic carbocycles. The third-order valence-electron chi connectivity index (χ3n) is 3.88. The summed E-state index contributed by atoms with van der Waals surface area (Å²) in [6, 6.07) is 10.4. The van der Waals surface area contributed by atoms with E-state index in [-0.39, 0.29) is 0 Å². The van der Waals surface area contributed by atoms with E-state index in [9.17, 15) is 5.26 Å². The maximum atomic E-state index is 9.20. The first-order chi connectivity index (χ1) is 10.3. The molecular formula is C17H17N3O. The van der Waals surface area contributed by atoms with Gasteiger partial charge in [0.2, 0.25) is 0 Å². The Balaban J connectivity index is 1.86. The van der Waals surface area contributed by atoms with Crippen molar-refractivity contribution in [3.63, 3.8) is 0 Å². The second-order valence-corrected chi connectivity index (χ2v) is 5.17. The fraction of sp³-hybridized carbons (Fsp3) is 0.294. The van der Waals surface area contributed by atoms with Crippen LogP contribution in [0.4, 0.5) is 5.69 Å². The van der Waals surface area contributed by atoms with Crippen LogP contribution in [-0.2, 0) is 13.0 Å². The SMILES string of the molecule is COc1ccc(CN2CCCc3c(C#N)cncc32)cc1. The smallest absolute Gasteiger partial charge is 0.118 e. The van der Waals surface area contributed by atoms with Crippen LogP contribution in [0.3, 0.4) is 0 Å². The highest BCUT2D eigenvalue weighted by atomic mass is 16.5. The number of nitriles is 1. The maximum Gasteiger partial charge on any atom is 0.118 e. The van der Waals surface area contributed by atoms with E-state index in [1.54, 1.807) is 13.3 Å². The summed E-state index contributed by atoms with van der Waals surface area (Å²) in [4.78, 5) is 6.50. The molecule has 0 saturated heterocycles. The number of benzene rings is 1. The Morgan fingerprint density at radius 3 is 2.81 bits per heavy atom. The van der Waals surface area contributed by atoms with Gasteiger partial charge < -0.3 is 9.64 Å². The summed E-state index contributed by atoms with van der Waals surface area (Å²) in [7, 11) is 1.67. The van der Waals surface area contributed by atoms with Gasteiger partial charge in [0.1, 0.15) is 11.8 Å². The first kappa shape index (κ1) is 13.4. The van der Waals surface area contributed by atoms with Crippen molar-refractivity contribution in [3.8, 4) is 11.8 Å². The lowest BCUT2D eigenvalue weighted by Gasteiger charge is -2.31. The van der Waals surface area contributed by atoms with E-state index in [2.05, 4.69) is 28.1 Å². The summed E-state index contributed by atoms with van der Waals surface area (Å²) >= 11 is 0. The summed E-state index contributed by atoms with van der Waals surface area (Å²) in [5, 5.41) is 9.20. The topological polar surface area (TPSA) is 49.1 Å². The first-order valence-corrected chi connectivity index (χ1v) is 7.06. The van der Waals surface area contributed by atoms with E-state index in [0.29, 0.717) is 5.56 Å². The largest absolute Gasteiger partial charge is 0.497 e. The third-order valence-corrected chi connectivity index (χ3v) is 3.88. The van der Waals surface area contributed by atoms with Crippen LogP contribution in [0.25, 0.3) is 0 Å². The number of aromatic nitrogens is 1. The zero-order chi connectivity index (χ0) is 14.7. The van der Waals surface area contributed by atoms with Crippen LogP contribution in [0, 0.1) is 11.3 Å². The van der Waals surface area contributed by atoms with Crippen molar-refractivity contribution < 1.29 is 4.74 Å². The third kappa shape index (κ3) is 2.68. The quantitative estimate of drug-likeness (QED) is 0.866. The van der Waals surface area contributed by atoms with E-state index in [0.717, 1.165) is 42.9 Å². The number of ether oxygens (including phenoxy) is 1. The van der Waals surface area contributed by atoms with Crippen molar-refractivity contribution in [2.75, 3.05) is 18.6 Å². The molecule has 0 saturated carbocycles. The molecular weight excluding hydrogens is 262 g/mol. The van der Waals surface area contributed by atoms with E-state index >= 15 is 0 Å². The monoisotopic (exact) mass is 279 g/mol. The maximum absolute atomic E-state index is 9.20. The van der Waals surface area contributed by atoms with Crippen LogP contribution in [0.1, 0.15) is 23.1 Å². The molecule has 2 heterocycles. The zero-order valence-corrected chi connectivity index (χ0v) is 12.0. The molecule has 4 heteroatoms. The molecule has 0 aliphatic carbocycles. The molecule has 3 rings (SSSR count). The molecule has 2 aromatic rings. The number of pyridine rings is 1. The predicted molar refractivity (Wildman–Crippen MR) is 81.3 cm³/mol. The van der Waals surface area contributed by atoms with Crippen molar-refractivity contribution >= 4 is 5.69 Å². The fourth-order valence-corrected chi connectivity index (χ4v) is 2.79. The van der Waals surface area contributed by atoms with Gasteiger partial charge in [-0.05, 0) is 36.1 Å². The number of hydrogen-bond donors (Lipinski definition) is 0. The Kier molecular flexibility index (Phi) is 3.74. The highest BCUT2D eigenvalue weighted by molar-refractivity contribution is 5.59. The molecule has 0 spiro atoms. The summed E-state index contributed by atoms with van der Waals surface area (Å²) in [5.74, 6) is 0.867. The van der Waals surface area contributed by atoms with Crippen LogP contribution < -0.4 is 9.64 Å². The van der Waals surface area contributed by atoms with Gasteiger partial charge in [-0.2, -0.15) is 5.26 Å². The Morgan fingerprint density at radius 1 is 1.29 bits per heavy atom. The number of hydrogen-bond acceptors (Lipinski definition) is 4. The van der Waals surface area contributed by atoms with Gasteiger partial charge in [-0.3, -0.25) is 4.98 Å². The molecule has 0 unspecified atom stereocenters. The molecule has 0 bridgehead atoms. The molecule has 1 aliphatic heterocycles. The summed E-state index contributed by atoms with van der Waals surface area (Å²) in [5.41, 5.74) is 4.15. The van der Waals surface area contributed by atoms with Gasteiger partial charge in [0.15, 0.2) is 0 Å². The van der Waals surface area contributed by atoms with Gasteiger partial charge in [-0.1, -0.05) is 12.1 Å². The zero-order valence-electron chi connectivity index (χ0n) is 12.0.